The van der Waals surface area contributed by atoms with Crippen LogP contribution in [0.1, 0.15) is 66.7 Å². The highest BCUT2D eigenvalue weighted by Crippen LogP contribution is 2.34. The predicted octanol–water partition coefficient (Wildman–Crippen LogP) is 3.67. The lowest BCUT2D eigenvalue weighted by Crippen LogP contribution is -2.48. The van der Waals surface area contributed by atoms with Crippen LogP contribution in [-0.4, -0.2) is 36.6 Å². The van der Waals surface area contributed by atoms with E-state index >= 15 is 0 Å². The first kappa shape index (κ1) is 16.0. The third kappa shape index (κ3) is 3.96. The van der Waals surface area contributed by atoms with Crippen LogP contribution in [0.15, 0.2) is 0 Å². The zero-order valence-electron chi connectivity index (χ0n) is 13.3. The summed E-state index contributed by atoms with van der Waals surface area (Å²) in [7, 11) is 0. The van der Waals surface area contributed by atoms with Gasteiger partial charge in [-0.05, 0) is 64.5 Å². The number of nitrogens with zero attached hydrogens (tertiary/aromatic N) is 1. The Balaban J connectivity index is 2.60. The Hall–Kier alpha value is -0.0800. The minimum atomic E-state index is 0.417. The summed E-state index contributed by atoms with van der Waals surface area (Å²) in [6.45, 7) is 16.7. The molecule has 0 aliphatic carbocycles. The molecule has 0 amide bonds. The van der Waals surface area contributed by atoms with Gasteiger partial charge in [0.1, 0.15) is 0 Å². The van der Waals surface area contributed by atoms with Crippen LogP contribution >= 0.6 is 0 Å². The van der Waals surface area contributed by atoms with Gasteiger partial charge in [-0.25, -0.2) is 0 Å². The lowest BCUT2D eigenvalue weighted by Gasteiger charge is -2.41. The van der Waals surface area contributed by atoms with Crippen molar-refractivity contribution in [1.29, 1.82) is 0 Å². The van der Waals surface area contributed by atoms with Gasteiger partial charge < -0.3 is 5.32 Å². The third-order valence-corrected chi connectivity index (χ3v) is 5.03. The molecule has 0 spiro atoms. The molecule has 0 radical (unpaired) electrons. The van der Waals surface area contributed by atoms with Crippen molar-refractivity contribution in [2.75, 3.05) is 26.2 Å². The topological polar surface area (TPSA) is 15.3 Å². The number of rotatable bonds is 8. The van der Waals surface area contributed by atoms with Gasteiger partial charge in [0.2, 0.25) is 0 Å². The van der Waals surface area contributed by atoms with Gasteiger partial charge >= 0.3 is 0 Å². The summed E-state index contributed by atoms with van der Waals surface area (Å²) in [6, 6.07) is 0. The Morgan fingerprint density at radius 1 is 1.17 bits per heavy atom. The van der Waals surface area contributed by atoms with Gasteiger partial charge in [0.05, 0.1) is 0 Å². The molecule has 0 unspecified atom stereocenters. The van der Waals surface area contributed by atoms with Crippen LogP contribution in [0.2, 0.25) is 0 Å². The van der Waals surface area contributed by atoms with E-state index in [0.29, 0.717) is 11.0 Å². The summed E-state index contributed by atoms with van der Waals surface area (Å²) in [5.74, 6) is 0. The van der Waals surface area contributed by atoms with Crippen LogP contribution in [0, 0.1) is 5.41 Å². The van der Waals surface area contributed by atoms with Crippen molar-refractivity contribution in [3.8, 4) is 0 Å². The summed E-state index contributed by atoms with van der Waals surface area (Å²) < 4.78 is 0. The molecular weight excluding hydrogens is 220 g/mol. The van der Waals surface area contributed by atoms with E-state index in [2.05, 4.69) is 44.8 Å². The van der Waals surface area contributed by atoms with Gasteiger partial charge in [0.15, 0.2) is 0 Å². The monoisotopic (exact) mass is 254 g/mol. The molecule has 2 heteroatoms. The Labute approximate surface area is 115 Å². The second-order valence-electron chi connectivity index (χ2n) is 6.72. The molecule has 0 aromatic carbocycles. The molecule has 1 aliphatic rings. The molecule has 18 heavy (non-hydrogen) atoms. The maximum atomic E-state index is 3.65. The second kappa shape index (κ2) is 6.91. The van der Waals surface area contributed by atoms with Crippen molar-refractivity contribution in [3.05, 3.63) is 0 Å². The molecule has 0 saturated carbocycles. The Bertz CT molecular complexity index is 231. The van der Waals surface area contributed by atoms with E-state index in [1.165, 1.54) is 51.7 Å². The van der Waals surface area contributed by atoms with Crippen LogP contribution in [0.5, 0.6) is 0 Å². The molecule has 1 rings (SSSR count). The Kier molecular flexibility index (Phi) is 6.13. The summed E-state index contributed by atoms with van der Waals surface area (Å²) in [5, 5.41) is 3.65. The first-order valence-electron chi connectivity index (χ1n) is 7.95. The highest BCUT2D eigenvalue weighted by Gasteiger charge is 2.37. The average Bonchev–Trinajstić information content (AvgIpc) is 2.67. The minimum absolute atomic E-state index is 0.417. The fraction of sp³-hybridized carbons (Fsp3) is 1.00. The Morgan fingerprint density at radius 3 is 2.28 bits per heavy atom. The van der Waals surface area contributed by atoms with Crippen LogP contribution < -0.4 is 5.32 Å². The molecule has 1 N–H and O–H groups in total. The van der Waals surface area contributed by atoms with E-state index in [9.17, 15) is 0 Å². The maximum absolute atomic E-state index is 3.65. The van der Waals surface area contributed by atoms with Gasteiger partial charge in [-0.1, -0.05) is 20.8 Å². The fourth-order valence-corrected chi connectivity index (χ4v) is 3.17. The van der Waals surface area contributed by atoms with Crippen LogP contribution in [0.3, 0.4) is 0 Å². The lowest BCUT2D eigenvalue weighted by atomic mass is 9.80. The molecule has 1 fully saturated rings. The number of hydrogen-bond donors (Lipinski definition) is 1. The zero-order valence-corrected chi connectivity index (χ0v) is 13.3. The first-order valence-corrected chi connectivity index (χ1v) is 7.95. The second-order valence-corrected chi connectivity index (χ2v) is 6.72. The van der Waals surface area contributed by atoms with Gasteiger partial charge in [-0.3, -0.25) is 4.90 Å². The lowest BCUT2D eigenvalue weighted by molar-refractivity contribution is 0.0866. The van der Waals surface area contributed by atoms with Gasteiger partial charge in [0.25, 0.3) is 0 Å². The maximum Gasteiger partial charge on any atom is 0.0153 e. The first-order chi connectivity index (χ1) is 8.49. The van der Waals surface area contributed by atoms with Gasteiger partial charge in [-0.15, -0.1) is 0 Å². The van der Waals surface area contributed by atoms with E-state index < -0.39 is 0 Å². The number of hydrogen-bond acceptors (Lipinski definition) is 2. The molecule has 0 aromatic rings. The molecule has 2 nitrogen and oxygen atoms in total. The minimum Gasteiger partial charge on any atom is -0.316 e. The standard InChI is InChI=1S/C16H34N2/c1-6-11-17-13-16(7-2,8-3)14-18-12-9-10-15(18,4)5/h17H,6-14H2,1-5H3. The van der Waals surface area contributed by atoms with E-state index in [4.69, 9.17) is 0 Å². The van der Waals surface area contributed by atoms with E-state index in [-0.39, 0.29) is 0 Å². The van der Waals surface area contributed by atoms with E-state index in [1.54, 1.807) is 0 Å². The molecule has 0 atom stereocenters. The third-order valence-electron chi connectivity index (χ3n) is 5.03. The molecule has 108 valence electrons. The van der Waals surface area contributed by atoms with Gasteiger partial charge in [-0.2, -0.15) is 0 Å². The van der Waals surface area contributed by atoms with Crippen molar-refractivity contribution in [2.24, 2.45) is 5.41 Å². The highest BCUT2D eigenvalue weighted by molar-refractivity contribution is 4.93. The molecular formula is C16H34N2. The van der Waals surface area contributed by atoms with Crippen LogP contribution in [0.25, 0.3) is 0 Å². The largest absolute Gasteiger partial charge is 0.316 e. The summed E-state index contributed by atoms with van der Waals surface area (Å²) in [4.78, 5) is 2.73. The van der Waals surface area contributed by atoms with E-state index in [0.717, 1.165) is 6.54 Å². The normalized spacial score (nSPS) is 20.5. The molecule has 0 bridgehead atoms. The smallest absolute Gasteiger partial charge is 0.0153 e. The number of likely N-dealkylation sites (tertiary alicyclic amines) is 1. The fourth-order valence-electron chi connectivity index (χ4n) is 3.17. The SMILES string of the molecule is CCCNCC(CC)(CC)CN1CCCC1(C)C. The molecule has 1 heterocycles. The van der Waals surface area contributed by atoms with Crippen molar-refractivity contribution in [1.82, 2.24) is 10.2 Å². The van der Waals surface area contributed by atoms with Gasteiger partial charge in [0, 0.05) is 18.6 Å². The average molecular weight is 254 g/mol. The molecule has 0 aromatic heterocycles. The zero-order chi connectivity index (χ0) is 13.6. The summed E-state index contributed by atoms with van der Waals surface area (Å²) >= 11 is 0. The summed E-state index contributed by atoms with van der Waals surface area (Å²) in [5.41, 5.74) is 0.886. The summed E-state index contributed by atoms with van der Waals surface area (Å²) in [6.07, 6.45) is 6.54. The Morgan fingerprint density at radius 2 is 1.83 bits per heavy atom. The predicted molar refractivity (Wildman–Crippen MR) is 81.1 cm³/mol. The molecule has 1 saturated heterocycles. The van der Waals surface area contributed by atoms with Crippen molar-refractivity contribution >= 4 is 0 Å². The molecule has 1 aliphatic heterocycles. The quantitative estimate of drug-likeness (QED) is 0.665. The van der Waals surface area contributed by atoms with Crippen molar-refractivity contribution < 1.29 is 0 Å². The van der Waals surface area contributed by atoms with Crippen molar-refractivity contribution in [3.63, 3.8) is 0 Å². The van der Waals surface area contributed by atoms with Crippen LogP contribution in [0.4, 0.5) is 0 Å². The van der Waals surface area contributed by atoms with Crippen molar-refractivity contribution in [2.45, 2.75) is 72.3 Å². The van der Waals surface area contributed by atoms with Crippen LogP contribution in [-0.2, 0) is 0 Å². The van der Waals surface area contributed by atoms with E-state index in [1.807, 2.05) is 0 Å². The highest BCUT2D eigenvalue weighted by atomic mass is 15.2. The number of nitrogens with one attached hydrogen (secondary N) is 1.